The van der Waals surface area contributed by atoms with Gasteiger partial charge in [-0.2, -0.15) is 8.78 Å². The topological polar surface area (TPSA) is 81.1 Å². The summed E-state index contributed by atoms with van der Waals surface area (Å²) >= 11 is 1.34. The van der Waals surface area contributed by atoms with Gasteiger partial charge >= 0.3 is 17.9 Å². The van der Waals surface area contributed by atoms with Crippen LogP contribution in [0.5, 0.6) is 0 Å². The maximum absolute atomic E-state index is 14.4. The fourth-order valence-electron chi connectivity index (χ4n) is 3.15. The molecular weight excluding hydrogens is 414 g/mol. The molecule has 2 amide bonds. The van der Waals surface area contributed by atoms with E-state index in [1.807, 2.05) is 0 Å². The van der Waals surface area contributed by atoms with Crippen LogP contribution in [-0.4, -0.2) is 75.3 Å². The van der Waals surface area contributed by atoms with Crippen LogP contribution < -0.4 is 0 Å². The highest BCUT2D eigenvalue weighted by Gasteiger charge is 2.39. The number of carboxylic acid groups (broad SMARTS) is 1. The van der Waals surface area contributed by atoms with Crippen LogP contribution in [0.4, 0.5) is 13.6 Å². The van der Waals surface area contributed by atoms with Crippen LogP contribution in [0.15, 0.2) is 42.5 Å². The molecule has 0 bridgehead atoms. The molecule has 30 heavy (non-hydrogen) atoms. The van der Waals surface area contributed by atoms with Crippen LogP contribution in [0, 0.1) is 0 Å². The van der Waals surface area contributed by atoms with E-state index in [2.05, 4.69) is 0 Å². The monoisotopic (exact) mass is 442 g/mol. The van der Waals surface area contributed by atoms with Crippen molar-refractivity contribution in [3.05, 3.63) is 48.0 Å². The second-order valence-electron chi connectivity index (χ2n) is 7.30. The predicted octanol–water partition coefficient (Wildman–Crippen LogP) is 3.42. The quantitative estimate of drug-likeness (QED) is 0.405. The van der Waals surface area contributed by atoms with Crippen molar-refractivity contribution in [1.82, 2.24) is 9.80 Å². The van der Waals surface area contributed by atoms with E-state index in [9.17, 15) is 23.5 Å². The third kappa shape index (κ3) is 6.18. The number of carbonyl (C=O) groups is 2. The molecule has 6 nitrogen and oxygen atoms in total. The van der Waals surface area contributed by atoms with E-state index in [0.29, 0.717) is 25.3 Å². The normalized spacial score (nSPS) is 19.5. The van der Waals surface area contributed by atoms with Gasteiger partial charge in [0, 0.05) is 25.7 Å². The largest absolute Gasteiger partial charge is 0.480 e. The van der Waals surface area contributed by atoms with E-state index in [-0.39, 0.29) is 11.6 Å². The maximum atomic E-state index is 14.4. The lowest BCUT2D eigenvalue weighted by Crippen LogP contribution is -2.35. The minimum Gasteiger partial charge on any atom is -0.480 e. The van der Waals surface area contributed by atoms with Crippen molar-refractivity contribution in [3.63, 3.8) is 0 Å². The number of urea groups is 1. The lowest BCUT2D eigenvalue weighted by molar-refractivity contribution is -0.136. The number of carboxylic acids is 1. The molecule has 0 aliphatic carbocycles. The molecule has 2 N–H and O–H groups in total. The number of aliphatic hydroxyl groups excluding tert-OH is 1. The summed E-state index contributed by atoms with van der Waals surface area (Å²) in [4.78, 5) is 26.3. The molecular formula is C21H28F2N2O4S. The van der Waals surface area contributed by atoms with Crippen LogP contribution in [0.1, 0.15) is 25.3 Å². The third-order valence-corrected chi connectivity index (χ3v) is 6.21. The Morgan fingerprint density at radius 1 is 1.33 bits per heavy atom. The van der Waals surface area contributed by atoms with Crippen LogP contribution in [0.3, 0.4) is 0 Å². The Kier molecular flexibility index (Phi) is 8.66. The number of alkyl halides is 2. The van der Waals surface area contributed by atoms with Crippen LogP contribution in [0.2, 0.25) is 0 Å². The number of rotatable bonds is 11. The highest BCUT2D eigenvalue weighted by molar-refractivity contribution is 8.00. The fraction of sp³-hybridized carbons (Fsp3) is 0.524. The van der Waals surface area contributed by atoms with E-state index in [1.54, 1.807) is 24.9 Å². The number of nitrogens with zero attached hydrogens (tertiary/aromatic N) is 2. The first kappa shape index (κ1) is 24.1. The van der Waals surface area contributed by atoms with E-state index in [0.717, 1.165) is 12.5 Å². The molecule has 1 aromatic carbocycles. The van der Waals surface area contributed by atoms with Gasteiger partial charge in [0.15, 0.2) is 0 Å². The van der Waals surface area contributed by atoms with Crippen molar-refractivity contribution >= 4 is 23.8 Å². The van der Waals surface area contributed by atoms with Gasteiger partial charge < -0.3 is 20.0 Å². The van der Waals surface area contributed by atoms with Crippen LogP contribution >= 0.6 is 11.8 Å². The van der Waals surface area contributed by atoms with Gasteiger partial charge in [0.25, 0.3) is 0 Å². The standard InChI is InChI=1S/C21H28F2N2O4S/c1-15(19(27)28)30-13-7-6-12-25-17(14-24(2)20(25)29)10-11-18(26)21(22,23)16-8-4-3-5-9-16/h3-5,8-11,15,17-18,26H,6-7,12-14H2,1-2H3,(H,27,28). The highest BCUT2D eigenvalue weighted by atomic mass is 32.2. The van der Waals surface area contributed by atoms with E-state index < -0.39 is 29.3 Å². The Hall–Kier alpha value is -2.13. The Morgan fingerprint density at radius 2 is 2.00 bits per heavy atom. The van der Waals surface area contributed by atoms with Gasteiger partial charge in [-0.3, -0.25) is 4.79 Å². The van der Waals surface area contributed by atoms with Gasteiger partial charge in [-0.15, -0.1) is 11.8 Å². The van der Waals surface area contributed by atoms with Gasteiger partial charge in [-0.1, -0.05) is 42.5 Å². The Bertz CT molecular complexity index is 748. The number of carbonyl (C=O) groups excluding carboxylic acids is 1. The maximum Gasteiger partial charge on any atom is 0.320 e. The van der Waals surface area contributed by atoms with Crippen molar-refractivity contribution in [2.45, 2.75) is 43.1 Å². The highest BCUT2D eigenvalue weighted by Crippen LogP contribution is 2.32. The molecule has 3 unspecified atom stereocenters. The summed E-state index contributed by atoms with van der Waals surface area (Å²) in [5, 5.41) is 18.5. The zero-order chi connectivity index (χ0) is 22.3. The summed E-state index contributed by atoms with van der Waals surface area (Å²) in [6.07, 6.45) is 1.93. The smallest absolute Gasteiger partial charge is 0.320 e. The first-order valence-electron chi connectivity index (χ1n) is 9.80. The minimum atomic E-state index is -3.44. The van der Waals surface area contributed by atoms with E-state index in [1.165, 1.54) is 47.0 Å². The van der Waals surface area contributed by atoms with E-state index >= 15 is 0 Å². The van der Waals surface area contributed by atoms with Crippen molar-refractivity contribution in [2.75, 3.05) is 25.9 Å². The molecule has 1 saturated heterocycles. The molecule has 2 rings (SSSR count). The first-order valence-corrected chi connectivity index (χ1v) is 10.8. The molecule has 9 heteroatoms. The number of benzene rings is 1. The Balaban J connectivity index is 1.92. The number of thioether (sulfide) groups is 1. The first-order chi connectivity index (χ1) is 14.1. The number of aliphatic carboxylic acids is 1. The summed E-state index contributed by atoms with van der Waals surface area (Å²) in [7, 11) is 1.64. The summed E-state index contributed by atoms with van der Waals surface area (Å²) in [5.41, 5.74) is -0.272. The molecule has 166 valence electrons. The number of hydrogen-bond donors (Lipinski definition) is 2. The number of amides is 2. The van der Waals surface area contributed by atoms with Crippen molar-refractivity contribution in [1.29, 1.82) is 0 Å². The van der Waals surface area contributed by atoms with Crippen molar-refractivity contribution in [2.24, 2.45) is 0 Å². The average molecular weight is 443 g/mol. The van der Waals surface area contributed by atoms with Crippen molar-refractivity contribution in [3.8, 4) is 0 Å². The molecule has 0 radical (unpaired) electrons. The summed E-state index contributed by atoms with van der Waals surface area (Å²) in [6, 6.07) is 6.53. The number of halogens is 2. The molecule has 1 aliphatic rings. The lowest BCUT2D eigenvalue weighted by Gasteiger charge is -2.23. The molecule has 1 aromatic rings. The SMILES string of the molecule is CC(SCCCCN1C(=O)N(C)CC1C=CC(O)C(F)(F)c1ccccc1)C(=O)O. The summed E-state index contributed by atoms with van der Waals surface area (Å²) in [6.45, 7) is 2.42. The number of hydrogen-bond acceptors (Lipinski definition) is 4. The molecule has 1 heterocycles. The molecule has 1 aliphatic heterocycles. The molecule has 0 aromatic heterocycles. The molecule has 1 fully saturated rings. The predicted molar refractivity (Wildman–Crippen MR) is 113 cm³/mol. The molecule has 0 saturated carbocycles. The average Bonchev–Trinajstić information content (AvgIpc) is 2.99. The van der Waals surface area contributed by atoms with Crippen LogP contribution in [0.25, 0.3) is 0 Å². The van der Waals surface area contributed by atoms with Gasteiger partial charge in [0.05, 0.1) is 11.3 Å². The van der Waals surface area contributed by atoms with Gasteiger partial charge in [0.2, 0.25) is 0 Å². The molecule has 3 atom stereocenters. The second-order valence-corrected chi connectivity index (χ2v) is 8.75. The van der Waals surface area contributed by atoms with Crippen LogP contribution in [-0.2, 0) is 10.7 Å². The second kappa shape index (κ2) is 10.8. The van der Waals surface area contributed by atoms with Gasteiger partial charge in [-0.25, -0.2) is 4.79 Å². The Labute approximate surface area is 179 Å². The lowest BCUT2D eigenvalue weighted by atomic mass is 10.0. The van der Waals surface area contributed by atoms with Gasteiger partial charge in [0.1, 0.15) is 6.10 Å². The zero-order valence-corrected chi connectivity index (χ0v) is 17.9. The van der Waals surface area contributed by atoms with Gasteiger partial charge in [-0.05, 0) is 25.5 Å². The van der Waals surface area contributed by atoms with E-state index in [4.69, 9.17) is 5.11 Å². The zero-order valence-electron chi connectivity index (χ0n) is 17.1. The minimum absolute atomic E-state index is 0.194. The Morgan fingerprint density at radius 3 is 2.63 bits per heavy atom. The fourth-order valence-corrected chi connectivity index (χ4v) is 4.01. The number of aliphatic hydroxyl groups is 1. The summed E-state index contributed by atoms with van der Waals surface area (Å²) in [5.74, 6) is -3.63. The molecule has 0 spiro atoms. The third-order valence-electron chi connectivity index (χ3n) is 4.99. The summed E-state index contributed by atoms with van der Waals surface area (Å²) < 4.78 is 28.9. The van der Waals surface area contributed by atoms with Crippen molar-refractivity contribution < 1.29 is 28.6 Å². The number of likely N-dealkylation sites (N-methyl/N-ethyl adjacent to an activating group) is 1. The number of unbranched alkanes of at least 4 members (excludes halogenated alkanes) is 1.